The Balaban J connectivity index is 1.81. The average Bonchev–Trinajstić information content (AvgIpc) is 3.00. The van der Waals surface area contributed by atoms with E-state index >= 15 is 0 Å². The van der Waals surface area contributed by atoms with E-state index in [0.717, 1.165) is 0 Å². The minimum Gasteiger partial charge on any atom is -0.504 e. The van der Waals surface area contributed by atoms with E-state index in [0.29, 0.717) is 37.4 Å². The summed E-state index contributed by atoms with van der Waals surface area (Å²) < 4.78 is 22.2. The molecule has 1 aliphatic heterocycles. The van der Waals surface area contributed by atoms with Crippen LogP contribution in [-0.4, -0.2) is 71.8 Å². The zero-order valence-corrected chi connectivity index (χ0v) is 22.4. The van der Waals surface area contributed by atoms with Gasteiger partial charge in [-0.15, -0.1) is 0 Å². The van der Waals surface area contributed by atoms with Gasteiger partial charge >= 0.3 is 0 Å². The van der Waals surface area contributed by atoms with Crippen molar-refractivity contribution in [2.45, 2.75) is 12.3 Å². The Hall–Kier alpha value is -4.90. The summed E-state index contributed by atoms with van der Waals surface area (Å²) in [4.78, 5) is 28.5. The van der Waals surface area contributed by atoms with E-state index in [2.05, 4.69) is 0 Å². The van der Waals surface area contributed by atoms with Crippen LogP contribution in [0.4, 0.5) is 0 Å². The normalized spacial score (nSPS) is 14.1. The van der Waals surface area contributed by atoms with Gasteiger partial charge < -0.3 is 44.0 Å². The second kappa shape index (κ2) is 11.3. The number of hydrogen-bond donors (Lipinski definition) is 4. The number of fused-ring (bicyclic) bond motifs is 1. The fourth-order valence-electron chi connectivity index (χ4n) is 5.06. The van der Waals surface area contributed by atoms with E-state index in [1.165, 1.54) is 32.4 Å². The van der Waals surface area contributed by atoms with Crippen molar-refractivity contribution in [1.82, 2.24) is 4.90 Å². The van der Waals surface area contributed by atoms with Gasteiger partial charge in [-0.1, -0.05) is 30.3 Å². The molecule has 1 unspecified atom stereocenters. The molecule has 0 radical (unpaired) electrons. The predicted molar refractivity (Wildman–Crippen MR) is 148 cm³/mol. The number of carbonyl (C=O) groups is 1. The lowest BCUT2D eigenvalue weighted by molar-refractivity contribution is -0.135. The Labute approximate surface area is 234 Å². The van der Waals surface area contributed by atoms with Crippen LogP contribution in [0, 0.1) is 0 Å². The van der Waals surface area contributed by atoms with Crippen molar-refractivity contribution in [1.29, 1.82) is 0 Å². The van der Waals surface area contributed by atoms with Crippen molar-refractivity contribution in [3.8, 4) is 45.8 Å². The summed E-state index contributed by atoms with van der Waals surface area (Å²) in [7, 11) is 2.69. The highest BCUT2D eigenvalue weighted by molar-refractivity contribution is 5.94. The molecule has 3 aromatic carbocycles. The molecule has 4 N–H and O–H groups in total. The maximum atomic E-state index is 13.6. The van der Waals surface area contributed by atoms with Gasteiger partial charge in [0.2, 0.25) is 17.4 Å². The molecule has 1 amide bonds. The van der Waals surface area contributed by atoms with E-state index in [-0.39, 0.29) is 51.9 Å². The van der Waals surface area contributed by atoms with Crippen LogP contribution in [0.5, 0.6) is 34.5 Å². The molecule has 1 fully saturated rings. The number of ether oxygens (including phenoxy) is 3. The summed E-state index contributed by atoms with van der Waals surface area (Å²) >= 11 is 0. The summed E-state index contributed by atoms with van der Waals surface area (Å²) in [6.45, 7) is 1.44. The van der Waals surface area contributed by atoms with Gasteiger partial charge in [0.15, 0.2) is 28.4 Å². The van der Waals surface area contributed by atoms with Crippen LogP contribution in [0.1, 0.15) is 23.5 Å². The summed E-state index contributed by atoms with van der Waals surface area (Å²) in [5.74, 6) is -3.99. The predicted octanol–water partition coefficient (Wildman–Crippen LogP) is 3.68. The molecule has 1 saturated heterocycles. The van der Waals surface area contributed by atoms with Gasteiger partial charge in [0.25, 0.3) is 0 Å². The van der Waals surface area contributed by atoms with E-state index in [4.69, 9.17) is 18.6 Å². The second-order valence-electron chi connectivity index (χ2n) is 9.53. The molecule has 0 saturated carbocycles. The third kappa shape index (κ3) is 5.07. The van der Waals surface area contributed by atoms with Crippen molar-refractivity contribution < 1.29 is 43.8 Å². The van der Waals surface area contributed by atoms with Crippen LogP contribution >= 0.6 is 0 Å². The number of carbonyl (C=O) groups excluding carboxylic acids is 1. The topological polar surface area (TPSA) is 159 Å². The first kappa shape index (κ1) is 27.7. The van der Waals surface area contributed by atoms with Gasteiger partial charge in [-0.3, -0.25) is 9.59 Å². The standard InChI is InChI=1S/C30H29NO10/c1-38-21-12-17(13-22(39-2)26(21)34)18(14-23(33)31-8-10-40-11-9-31)24-27(35)29(37)28(36)25-19(32)15-20(41-30(24)25)16-6-4-3-5-7-16/h3-7,12-13,15,18,34-37H,8-11,14H2,1-2H3. The van der Waals surface area contributed by atoms with E-state index in [1.54, 1.807) is 35.2 Å². The van der Waals surface area contributed by atoms with Crippen molar-refractivity contribution >= 4 is 16.9 Å². The lowest BCUT2D eigenvalue weighted by Gasteiger charge is -2.29. The molecule has 11 heteroatoms. The Morgan fingerprint density at radius 3 is 2.15 bits per heavy atom. The lowest BCUT2D eigenvalue weighted by Crippen LogP contribution is -2.41. The molecule has 4 aromatic rings. The smallest absolute Gasteiger partial charge is 0.223 e. The number of amides is 1. The number of benzene rings is 3. The van der Waals surface area contributed by atoms with Gasteiger partial charge in [0.05, 0.1) is 27.4 Å². The fraction of sp³-hybridized carbons (Fsp3) is 0.267. The molecular weight excluding hydrogens is 534 g/mol. The molecule has 1 aliphatic rings. The molecule has 0 bridgehead atoms. The number of aromatic hydroxyl groups is 4. The van der Waals surface area contributed by atoms with E-state index in [1.807, 2.05) is 0 Å². The summed E-state index contributed by atoms with van der Waals surface area (Å²) in [6, 6.07) is 12.8. The van der Waals surface area contributed by atoms with Gasteiger partial charge in [-0.05, 0) is 17.7 Å². The average molecular weight is 564 g/mol. The largest absolute Gasteiger partial charge is 0.504 e. The molecule has 2 heterocycles. The third-order valence-electron chi connectivity index (χ3n) is 7.19. The van der Waals surface area contributed by atoms with Crippen molar-refractivity contribution in [3.63, 3.8) is 0 Å². The van der Waals surface area contributed by atoms with Crippen molar-refractivity contribution in [2.24, 2.45) is 0 Å². The van der Waals surface area contributed by atoms with Crippen LogP contribution in [0.3, 0.4) is 0 Å². The van der Waals surface area contributed by atoms with Crippen LogP contribution in [0.2, 0.25) is 0 Å². The molecule has 1 aromatic heterocycles. The van der Waals surface area contributed by atoms with E-state index in [9.17, 15) is 30.0 Å². The number of nitrogens with zero attached hydrogens (tertiary/aromatic N) is 1. The zero-order valence-electron chi connectivity index (χ0n) is 22.4. The van der Waals surface area contributed by atoms with Crippen molar-refractivity contribution in [3.05, 3.63) is 69.9 Å². The van der Waals surface area contributed by atoms with Crippen LogP contribution in [0.15, 0.2) is 57.7 Å². The number of hydrogen-bond acceptors (Lipinski definition) is 10. The Bertz CT molecular complexity index is 1630. The minimum absolute atomic E-state index is 0.0291. The molecule has 214 valence electrons. The van der Waals surface area contributed by atoms with Gasteiger partial charge in [-0.25, -0.2) is 0 Å². The zero-order chi connectivity index (χ0) is 29.3. The van der Waals surface area contributed by atoms with Gasteiger partial charge in [0, 0.05) is 42.6 Å². The summed E-state index contributed by atoms with van der Waals surface area (Å²) in [6.07, 6.45) is -0.247. The molecule has 5 rings (SSSR count). The summed E-state index contributed by atoms with van der Waals surface area (Å²) in [5.41, 5.74) is -0.0965. The number of phenolic OH excluding ortho intramolecular Hbond substituents is 4. The lowest BCUT2D eigenvalue weighted by atomic mass is 9.85. The fourth-order valence-corrected chi connectivity index (χ4v) is 5.06. The Morgan fingerprint density at radius 1 is 0.902 bits per heavy atom. The SMILES string of the molecule is COc1cc(C(CC(=O)N2CCOCC2)c2c(O)c(O)c(O)c3c(=O)cc(-c4ccccc4)oc23)cc(OC)c1O. The van der Waals surface area contributed by atoms with Crippen molar-refractivity contribution in [2.75, 3.05) is 40.5 Å². The minimum atomic E-state index is -1.06. The maximum absolute atomic E-state index is 13.6. The molecule has 41 heavy (non-hydrogen) atoms. The Morgan fingerprint density at radius 2 is 1.54 bits per heavy atom. The second-order valence-corrected chi connectivity index (χ2v) is 9.53. The number of phenols is 4. The highest BCUT2D eigenvalue weighted by atomic mass is 16.5. The molecule has 0 spiro atoms. The first-order valence-corrected chi connectivity index (χ1v) is 12.9. The summed E-state index contributed by atoms with van der Waals surface area (Å²) in [5, 5.41) is 42.9. The Kier molecular flexibility index (Phi) is 7.62. The molecular formula is C30H29NO10. The van der Waals surface area contributed by atoms with Gasteiger partial charge in [-0.2, -0.15) is 0 Å². The molecule has 11 nitrogen and oxygen atoms in total. The first-order chi connectivity index (χ1) is 19.7. The quantitative estimate of drug-likeness (QED) is 0.244. The molecule has 1 atom stereocenters. The first-order valence-electron chi connectivity index (χ1n) is 12.9. The number of rotatable bonds is 7. The highest BCUT2D eigenvalue weighted by Gasteiger charge is 2.33. The monoisotopic (exact) mass is 563 g/mol. The molecule has 0 aliphatic carbocycles. The van der Waals surface area contributed by atoms with Crippen LogP contribution in [-0.2, 0) is 9.53 Å². The third-order valence-corrected chi connectivity index (χ3v) is 7.19. The maximum Gasteiger partial charge on any atom is 0.223 e. The number of methoxy groups -OCH3 is 2. The van der Waals surface area contributed by atoms with Crippen LogP contribution < -0.4 is 14.9 Å². The highest BCUT2D eigenvalue weighted by Crippen LogP contribution is 2.51. The van der Waals surface area contributed by atoms with Crippen LogP contribution in [0.25, 0.3) is 22.3 Å². The number of morpholine rings is 1. The van der Waals surface area contributed by atoms with E-state index < -0.39 is 28.6 Å². The van der Waals surface area contributed by atoms with Gasteiger partial charge in [0.1, 0.15) is 16.7 Å².